The molecule has 2 aromatic carbocycles. The van der Waals surface area contributed by atoms with Gasteiger partial charge in [0, 0.05) is 24.3 Å². The minimum atomic E-state index is -0.943. The quantitative estimate of drug-likeness (QED) is 0.232. The van der Waals surface area contributed by atoms with Gasteiger partial charge < -0.3 is 24.2 Å². The monoisotopic (exact) mass is 486 g/mol. The number of hydrogen-bond donors (Lipinski definition) is 0. The van der Waals surface area contributed by atoms with Crippen LogP contribution in [0.3, 0.4) is 0 Å². The van der Waals surface area contributed by atoms with Gasteiger partial charge in [-0.05, 0) is 41.0 Å². The molecule has 1 unspecified atom stereocenters. The Labute approximate surface area is 206 Å². The first-order valence-corrected chi connectivity index (χ1v) is 11.3. The first-order valence-electron chi connectivity index (χ1n) is 11.3. The number of esters is 1. The molecular formula is C27H22N2O7. The fourth-order valence-corrected chi connectivity index (χ4v) is 4.36. The number of methoxy groups -OCH3 is 1. The summed E-state index contributed by atoms with van der Waals surface area (Å²) in [5.74, 6) is -1.81. The van der Waals surface area contributed by atoms with E-state index in [9.17, 15) is 19.5 Å². The lowest BCUT2D eigenvalue weighted by atomic mass is 9.94. The number of Topliss-reactive ketones (excluding diaryl/α,β-unsaturated/α-hetero) is 1. The molecule has 1 N–H and O–H groups in total. The second-order valence-electron chi connectivity index (χ2n) is 8.29. The number of rotatable bonds is 5. The van der Waals surface area contributed by atoms with Gasteiger partial charge >= 0.3 is 5.97 Å². The highest BCUT2D eigenvalue weighted by molar-refractivity contribution is 6.46. The van der Waals surface area contributed by atoms with Crippen molar-refractivity contribution in [3.05, 3.63) is 94.8 Å². The van der Waals surface area contributed by atoms with E-state index < -0.39 is 29.5 Å². The number of nitrogens with one attached hydrogen (secondary N) is 1. The van der Waals surface area contributed by atoms with Gasteiger partial charge in [0.1, 0.15) is 13.2 Å². The van der Waals surface area contributed by atoms with Crippen LogP contribution in [0.2, 0.25) is 0 Å². The molecule has 3 aromatic rings. The molecule has 0 aliphatic carbocycles. The van der Waals surface area contributed by atoms with Gasteiger partial charge in [-0.1, -0.05) is 24.0 Å². The van der Waals surface area contributed by atoms with Gasteiger partial charge in [-0.2, -0.15) is 0 Å². The largest absolute Gasteiger partial charge is 0.872 e. The zero-order valence-electron chi connectivity index (χ0n) is 19.4. The minimum absolute atomic E-state index is 0.112. The van der Waals surface area contributed by atoms with Crippen molar-refractivity contribution >= 4 is 23.4 Å². The van der Waals surface area contributed by atoms with Crippen molar-refractivity contribution < 1.29 is 38.7 Å². The molecule has 182 valence electrons. The molecule has 0 bridgehead atoms. The third-order valence-corrected chi connectivity index (χ3v) is 6.12. The van der Waals surface area contributed by atoms with Crippen molar-refractivity contribution in [1.82, 2.24) is 4.90 Å². The third kappa shape index (κ3) is 4.15. The van der Waals surface area contributed by atoms with Gasteiger partial charge in [0.15, 0.2) is 23.9 Å². The maximum Gasteiger partial charge on any atom is 0.337 e. The average molecular weight is 486 g/mol. The predicted molar refractivity (Wildman–Crippen MR) is 123 cm³/mol. The maximum absolute atomic E-state index is 13.7. The van der Waals surface area contributed by atoms with Crippen LogP contribution in [0.25, 0.3) is 5.76 Å². The van der Waals surface area contributed by atoms with Crippen LogP contribution in [0.4, 0.5) is 0 Å². The van der Waals surface area contributed by atoms with Crippen LogP contribution in [0.15, 0.2) is 72.6 Å². The van der Waals surface area contributed by atoms with E-state index >= 15 is 0 Å². The topological polar surface area (TPSA) is 119 Å². The third-order valence-electron chi connectivity index (χ3n) is 6.12. The van der Waals surface area contributed by atoms with Gasteiger partial charge in [-0.15, -0.1) is 0 Å². The van der Waals surface area contributed by atoms with Gasteiger partial charge in [-0.25, -0.2) is 9.78 Å². The highest BCUT2D eigenvalue weighted by Gasteiger charge is 2.44. The standard InChI is InChI=1S/C27H22N2O7/c1-34-27(33)18-4-2-17(3-5-18)23-22(24(30)19-6-7-20-21(14-19)36-13-12-35-20)25(31)26(32)29(23)15-16-8-10-28-11-9-16/h2-11,14,23,30H,12-13,15H2,1H3/b24-22+. The average Bonchev–Trinajstić information content (AvgIpc) is 3.17. The molecule has 1 amide bonds. The Balaban J connectivity index is 1.62. The van der Waals surface area contributed by atoms with E-state index in [0.717, 1.165) is 5.56 Å². The summed E-state index contributed by atoms with van der Waals surface area (Å²) in [5.41, 5.74) is 1.65. The molecule has 2 aliphatic heterocycles. The maximum atomic E-state index is 13.7. The number of amides is 1. The SMILES string of the molecule is COC(=O)c1ccc(C2/C(=C(\[O-])c3ccc4c(c3)OCCO4)C(=O)C(=O)N2Cc2cc[nH+]cc2)cc1. The molecule has 3 heterocycles. The van der Waals surface area contributed by atoms with Crippen LogP contribution in [-0.4, -0.2) is 42.9 Å². The van der Waals surface area contributed by atoms with E-state index in [4.69, 9.17) is 14.2 Å². The number of hydrogen-bond acceptors (Lipinski definition) is 7. The van der Waals surface area contributed by atoms with E-state index in [1.807, 2.05) is 0 Å². The lowest BCUT2D eigenvalue weighted by Crippen LogP contribution is -2.29. The number of likely N-dealkylation sites (tertiary alicyclic amines) is 1. The summed E-state index contributed by atoms with van der Waals surface area (Å²) in [6.45, 7) is 0.858. The van der Waals surface area contributed by atoms with Crippen LogP contribution >= 0.6 is 0 Å². The fraction of sp³-hybridized carbons (Fsp3) is 0.185. The minimum Gasteiger partial charge on any atom is -0.872 e. The molecule has 2 aliphatic rings. The van der Waals surface area contributed by atoms with Crippen molar-refractivity contribution in [1.29, 1.82) is 0 Å². The van der Waals surface area contributed by atoms with Gasteiger partial charge in [-0.3, -0.25) is 9.59 Å². The fourth-order valence-electron chi connectivity index (χ4n) is 4.36. The van der Waals surface area contributed by atoms with Gasteiger partial charge in [0.25, 0.3) is 5.91 Å². The highest BCUT2D eigenvalue weighted by Crippen LogP contribution is 2.41. The van der Waals surface area contributed by atoms with Crippen LogP contribution < -0.4 is 19.6 Å². The number of ether oxygens (including phenoxy) is 3. The molecule has 1 aromatic heterocycles. The summed E-state index contributed by atoms with van der Waals surface area (Å²) < 4.78 is 15.9. The summed E-state index contributed by atoms with van der Waals surface area (Å²) in [4.78, 5) is 42.6. The lowest BCUT2D eigenvalue weighted by Gasteiger charge is -2.28. The van der Waals surface area contributed by atoms with Crippen LogP contribution in [0.1, 0.15) is 33.1 Å². The number of carbonyl (C=O) groups excluding carboxylic acids is 3. The number of benzene rings is 2. The number of nitrogens with zero attached hydrogens (tertiary/aromatic N) is 1. The zero-order valence-corrected chi connectivity index (χ0v) is 19.4. The Morgan fingerprint density at radius 2 is 1.67 bits per heavy atom. The first-order chi connectivity index (χ1) is 17.5. The Bertz CT molecular complexity index is 1370. The Hall–Kier alpha value is -4.66. The second-order valence-corrected chi connectivity index (χ2v) is 8.29. The van der Waals surface area contributed by atoms with Crippen LogP contribution in [0.5, 0.6) is 11.5 Å². The number of carbonyl (C=O) groups is 3. The van der Waals surface area contributed by atoms with E-state index in [1.165, 1.54) is 30.2 Å². The van der Waals surface area contributed by atoms with Gasteiger partial charge in [0.2, 0.25) is 5.78 Å². The summed E-state index contributed by atoms with van der Waals surface area (Å²) in [7, 11) is 1.28. The summed E-state index contributed by atoms with van der Waals surface area (Å²) in [5, 5.41) is 13.7. The first kappa shape index (κ1) is 23.1. The number of ketones is 1. The molecule has 5 rings (SSSR count). The Kier molecular flexibility index (Phi) is 6.12. The van der Waals surface area contributed by atoms with E-state index in [-0.39, 0.29) is 17.7 Å². The van der Waals surface area contributed by atoms with Crippen molar-refractivity contribution in [2.75, 3.05) is 20.3 Å². The zero-order chi connectivity index (χ0) is 25.2. The van der Waals surface area contributed by atoms with Gasteiger partial charge in [0.05, 0.1) is 18.7 Å². The molecule has 0 spiro atoms. The number of H-pyrrole nitrogens is 1. The van der Waals surface area contributed by atoms with Crippen molar-refractivity contribution in [3.63, 3.8) is 0 Å². The Morgan fingerprint density at radius 3 is 2.36 bits per heavy atom. The molecule has 1 fully saturated rings. The summed E-state index contributed by atoms with van der Waals surface area (Å²) >= 11 is 0. The lowest BCUT2D eigenvalue weighted by molar-refractivity contribution is -0.378. The summed E-state index contributed by atoms with van der Waals surface area (Å²) in [6.07, 6.45) is 3.42. The normalized spacial score (nSPS) is 18.2. The smallest absolute Gasteiger partial charge is 0.337 e. The van der Waals surface area contributed by atoms with E-state index in [2.05, 4.69) is 4.98 Å². The van der Waals surface area contributed by atoms with Crippen molar-refractivity contribution in [2.24, 2.45) is 0 Å². The summed E-state index contributed by atoms with van der Waals surface area (Å²) in [6, 6.07) is 13.6. The predicted octanol–water partition coefficient (Wildman–Crippen LogP) is 1.48. The molecule has 1 atom stereocenters. The number of aromatic nitrogens is 1. The highest BCUT2D eigenvalue weighted by atomic mass is 16.6. The van der Waals surface area contributed by atoms with E-state index in [1.54, 1.807) is 48.8 Å². The molecule has 9 heteroatoms. The molecule has 0 saturated carbocycles. The second kappa shape index (κ2) is 9.53. The van der Waals surface area contributed by atoms with Crippen LogP contribution in [-0.2, 0) is 20.9 Å². The number of aromatic amines is 1. The number of pyridine rings is 1. The number of fused-ring (bicyclic) bond motifs is 1. The van der Waals surface area contributed by atoms with E-state index in [0.29, 0.717) is 35.8 Å². The molecule has 0 radical (unpaired) electrons. The Morgan fingerprint density at radius 1 is 1.00 bits per heavy atom. The van der Waals surface area contributed by atoms with Crippen molar-refractivity contribution in [2.45, 2.75) is 12.6 Å². The molecular weight excluding hydrogens is 464 g/mol. The van der Waals surface area contributed by atoms with Crippen molar-refractivity contribution in [3.8, 4) is 11.5 Å². The molecule has 36 heavy (non-hydrogen) atoms. The molecule has 9 nitrogen and oxygen atoms in total. The van der Waals surface area contributed by atoms with Crippen LogP contribution in [0, 0.1) is 0 Å². The molecule has 1 saturated heterocycles.